The fraction of sp³-hybridized carbons (Fsp3) is 0.750. The molecule has 1 aliphatic carbocycles. The van der Waals surface area contributed by atoms with Crippen LogP contribution in [0.4, 0.5) is 0 Å². The number of nitrogens with zero attached hydrogens (tertiary/aromatic N) is 2. The van der Waals surface area contributed by atoms with Crippen molar-refractivity contribution in [3.05, 3.63) is 17.3 Å². The van der Waals surface area contributed by atoms with Gasteiger partial charge in [-0.15, -0.1) is 0 Å². The van der Waals surface area contributed by atoms with E-state index in [9.17, 15) is 0 Å². The summed E-state index contributed by atoms with van der Waals surface area (Å²) in [7, 11) is 0. The Labute approximate surface area is 96.3 Å². The maximum Gasteiger partial charge on any atom is 0.208 e. The number of aromatic nitrogens is 1. The van der Waals surface area contributed by atoms with E-state index in [1.807, 2.05) is 13.8 Å². The van der Waals surface area contributed by atoms with Gasteiger partial charge in [0.15, 0.2) is 0 Å². The molecule has 0 atom stereocenters. The predicted molar refractivity (Wildman–Crippen MR) is 61.1 cm³/mol. The molecule has 0 radical (unpaired) electrons. The van der Waals surface area contributed by atoms with Gasteiger partial charge in [0.25, 0.3) is 0 Å². The van der Waals surface area contributed by atoms with Gasteiger partial charge in [-0.05, 0) is 26.7 Å². The van der Waals surface area contributed by atoms with E-state index in [4.69, 9.17) is 9.52 Å². The van der Waals surface area contributed by atoms with Crippen molar-refractivity contribution in [2.75, 3.05) is 13.2 Å². The van der Waals surface area contributed by atoms with Crippen LogP contribution in [0.3, 0.4) is 0 Å². The third kappa shape index (κ3) is 2.44. The molecule has 90 valence electrons. The second-order valence-corrected chi connectivity index (χ2v) is 4.53. The number of rotatable bonds is 5. The first kappa shape index (κ1) is 11.6. The highest BCUT2D eigenvalue weighted by atomic mass is 16.4. The Balaban J connectivity index is 1.98. The second kappa shape index (κ2) is 4.97. The van der Waals surface area contributed by atoms with E-state index >= 15 is 0 Å². The Bertz CT molecular complexity index is 325. The lowest BCUT2D eigenvalue weighted by Gasteiger charge is -2.36. The zero-order valence-electron chi connectivity index (χ0n) is 10.1. The van der Waals surface area contributed by atoms with Gasteiger partial charge in [0.05, 0.1) is 18.8 Å². The molecule has 0 saturated heterocycles. The number of hydrogen-bond acceptors (Lipinski definition) is 4. The summed E-state index contributed by atoms with van der Waals surface area (Å²) in [5.41, 5.74) is 0.965. The van der Waals surface area contributed by atoms with Gasteiger partial charge in [-0.3, -0.25) is 4.90 Å². The Hall–Kier alpha value is -0.870. The molecule has 4 nitrogen and oxygen atoms in total. The average Bonchev–Trinajstić information content (AvgIpc) is 2.43. The molecule has 1 heterocycles. The minimum absolute atomic E-state index is 0.204. The van der Waals surface area contributed by atoms with Crippen molar-refractivity contribution in [2.45, 2.75) is 45.7 Å². The molecule has 1 aliphatic rings. The summed E-state index contributed by atoms with van der Waals surface area (Å²) >= 11 is 0. The highest BCUT2D eigenvalue weighted by Crippen LogP contribution is 2.26. The van der Waals surface area contributed by atoms with Gasteiger partial charge in [-0.2, -0.15) is 0 Å². The summed E-state index contributed by atoms with van der Waals surface area (Å²) < 4.78 is 5.58. The van der Waals surface area contributed by atoms with Gasteiger partial charge in [-0.25, -0.2) is 4.98 Å². The lowest BCUT2D eigenvalue weighted by molar-refractivity contribution is 0.0858. The van der Waals surface area contributed by atoms with Crippen LogP contribution in [0, 0.1) is 13.8 Å². The van der Waals surface area contributed by atoms with Crippen LogP contribution in [0.5, 0.6) is 0 Å². The summed E-state index contributed by atoms with van der Waals surface area (Å²) in [6.45, 7) is 5.54. The van der Waals surface area contributed by atoms with Crippen molar-refractivity contribution < 1.29 is 9.52 Å². The molecule has 1 fully saturated rings. The smallest absolute Gasteiger partial charge is 0.208 e. The monoisotopic (exact) mass is 224 g/mol. The third-order valence-corrected chi connectivity index (χ3v) is 3.39. The normalized spacial score (nSPS) is 16.8. The molecular formula is C12H20N2O2. The fourth-order valence-electron chi connectivity index (χ4n) is 2.05. The van der Waals surface area contributed by atoms with Crippen LogP contribution in [0.2, 0.25) is 0 Å². The molecule has 2 rings (SSSR count). The van der Waals surface area contributed by atoms with Crippen LogP contribution >= 0.6 is 0 Å². The topological polar surface area (TPSA) is 49.5 Å². The zero-order chi connectivity index (χ0) is 11.5. The molecule has 1 aromatic rings. The van der Waals surface area contributed by atoms with Crippen LogP contribution in [0.25, 0.3) is 0 Å². The lowest BCUT2D eigenvalue weighted by atomic mass is 9.91. The predicted octanol–water partition coefficient (Wildman–Crippen LogP) is 1.64. The first-order valence-electron chi connectivity index (χ1n) is 5.98. The van der Waals surface area contributed by atoms with Crippen molar-refractivity contribution in [2.24, 2.45) is 0 Å². The van der Waals surface area contributed by atoms with E-state index in [2.05, 4.69) is 9.88 Å². The van der Waals surface area contributed by atoms with Gasteiger partial charge in [-0.1, -0.05) is 6.42 Å². The fourth-order valence-corrected chi connectivity index (χ4v) is 2.05. The Morgan fingerprint density at radius 1 is 1.44 bits per heavy atom. The molecule has 0 amide bonds. The van der Waals surface area contributed by atoms with Crippen LogP contribution in [-0.2, 0) is 6.54 Å². The van der Waals surface area contributed by atoms with Gasteiger partial charge >= 0.3 is 0 Å². The first-order valence-corrected chi connectivity index (χ1v) is 5.98. The number of aliphatic hydroxyl groups is 1. The number of hydrogen-bond donors (Lipinski definition) is 1. The van der Waals surface area contributed by atoms with Crippen molar-refractivity contribution in [3.63, 3.8) is 0 Å². The quantitative estimate of drug-likeness (QED) is 0.826. The SMILES string of the molecule is Cc1nc(CN(CCO)C2CCC2)oc1C. The zero-order valence-corrected chi connectivity index (χ0v) is 10.1. The minimum atomic E-state index is 0.204. The van der Waals surface area contributed by atoms with Crippen LogP contribution in [0.15, 0.2) is 4.42 Å². The van der Waals surface area contributed by atoms with Gasteiger partial charge < -0.3 is 9.52 Å². The molecular weight excluding hydrogens is 204 g/mol. The molecule has 0 aliphatic heterocycles. The second-order valence-electron chi connectivity index (χ2n) is 4.53. The highest BCUT2D eigenvalue weighted by molar-refractivity contribution is 5.05. The van der Waals surface area contributed by atoms with Gasteiger partial charge in [0, 0.05) is 12.6 Å². The molecule has 1 aromatic heterocycles. The molecule has 0 unspecified atom stereocenters. The van der Waals surface area contributed by atoms with E-state index in [0.717, 1.165) is 23.9 Å². The number of aliphatic hydroxyl groups excluding tert-OH is 1. The average molecular weight is 224 g/mol. The molecule has 1 saturated carbocycles. The van der Waals surface area contributed by atoms with Crippen molar-refractivity contribution in [1.29, 1.82) is 0 Å². The molecule has 16 heavy (non-hydrogen) atoms. The number of aryl methyl sites for hydroxylation is 2. The lowest BCUT2D eigenvalue weighted by Crippen LogP contribution is -2.41. The maximum absolute atomic E-state index is 9.05. The highest BCUT2D eigenvalue weighted by Gasteiger charge is 2.25. The standard InChI is InChI=1S/C12H20N2O2/c1-9-10(2)16-12(13-9)8-14(6-7-15)11-4-3-5-11/h11,15H,3-8H2,1-2H3. The third-order valence-electron chi connectivity index (χ3n) is 3.39. The van der Waals surface area contributed by atoms with E-state index in [0.29, 0.717) is 12.6 Å². The Morgan fingerprint density at radius 3 is 2.62 bits per heavy atom. The van der Waals surface area contributed by atoms with Gasteiger partial charge in [0.1, 0.15) is 5.76 Å². The largest absolute Gasteiger partial charge is 0.444 e. The molecule has 0 bridgehead atoms. The first-order chi connectivity index (χ1) is 7.70. The van der Waals surface area contributed by atoms with E-state index in [-0.39, 0.29) is 6.61 Å². The molecule has 0 aromatic carbocycles. The summed E-state index contributed by atoms with van der Waals surface area (Å²) in [6.07, 6.45) is 3.77. The Kier molecular flexibility index (Phi) is 3.61. The van der Waals surface area contributed by atoms with Crippen molar-refractivity contribution in [1.82, 2.24) is 9.88 Å². The van der Waals surface area contributed by atoms with E-state index in [1.165, 1.54) is 19.3 Å². The van der Waals surface area contributed by atoms with Crippen LogP contribution < -0.4 is 0 Å². The molecule has 4 heteroatoms. The number of oxazole rings is 1. The Morgan fingerprint density at radius 2 is 2.19 bits per heavy atom. The molecule has 0 spiro atoms. The van der Waals surface area contributed by atoms with E-state index < -0.39 is 0 Å². The van der Waals surface area contributed by atoms with Crippen molar-refractivity contribution in [3.8, 4) is 0 Å². The summed E-state index contributed by atoms with van der Waals surface area (Å²) in [5, 5.41) is 9.05. The maximum atomic E-state index is 9.05. The minimum Gasteiger partial charge on any atom is -0.444 e. The van der Waals surface area contributed by atoms with Gasteiger partial charge in [0.2, 0.25) is 5.89 Å². The summed E-state index contributed by atoms with van der Waals surface area (Å²) in [6, 6.07) is 0.611. The summed E-state index contributed by atoms with van der Waals surface area (Å²) in [4.78, 5) is 6.66. The molecule has 1 N–H and O–H groups in total. The van der Waals surface area contributed by atoms with Crippen LogP contribution in [0.1, 0.15) is 36.6 Å². The summed E-state index contributed by atoms with van der Waals surface area (Å²) in [5.74, 6) is 1.67. The van der Waals surface area contributed by atoms with Crippen molar-refractivity contribution >= 4 is 0 Å². The van der Waals surface area contributed by atoms with Crippen LogP contribution in [-0.4, -0.2) is 34.2 Å². The van der Waals surface area contributed by atoms with E-state index in [1.54, 1.807) is 0 Å².